The third-order valence-corrected chi connectivity index (χ3v) is 3.46. The molecule has 2 rings (SSSR count). The lowest BCUT2D eigenvalue weighted by Gasteiger charge is -2.16. The summed E-state index contributed by atoms with van der Waals surface area (Å²) in [4.78, 5) is 0. The third kappa shape index (κ3) is 3.80. The molecule has 0 aliphatic heterocycles. The second kappa shape index (κ2) is 6.12. The first-order valence-corrected chi connectivity index (χ1v) is 6.58. The summed E-state index contributed by atoms with van der Waals surface area (Å²) in [5, 5.41) is 2.68. The number of halogens is 6. The molecule has 0 atom stereocenters. The van der Waals surface area contributed by atoms with Gasteiger partial charge in [-0.15, -0.1) is 0 Å². The SMILES string of the molecule is Fc1ccc(CNc2c(Cl)cccc2C(F)(F)F)c(Cl)c1. The van der Waals surface area contributed by atoms with Gasteiger partial charge in [0, 0.05) is 11.6 Å². The Balaban J connectivity index is 2.28. The first kappa shape index (κ1) is 15.9. The van der Waals surface area contributed by atoms with E-state index < -0.39 is 17.6 Å². The van der Waals surface area contributed by atoms with Crippen LogP contribution in [0.1, 0.15) is 11.1 Å². The smallest absolute Gasteiger partial charge is 0.379 e. The standard InChI is InChI=1S/C14H9Cl2F4N/c15-11-3-1-2-10(14(18,19)20)13(11)21-7-8-4-5-9(17)6-12(8)16/h1-6,21H,7H2. The molecule has 0 spiro atoms. The van der Waals surface area contributed by atoms with Gasteiger partial charge in [0.05, 0.1) is 16.3 Å². The van der Waals surface area contributed by atoms with Crippen LogP contribution >= 0.6 is 23.2 Å². The van der Waals surface area contributed by atoms with E-state index in [0.29, 0.717) is 5.56 Å². The maximum absolute atomic E-state index is 12.9. The van der Waals surface area contributed by atoms with Crippen LogP contribution in [0, 0.1) is 5.82 Å². The van der Waals surface area contributed by atoms with Gasteiger partial charge in [-0.1, -0.05) is 35.3 Å². The van der Waals surface area contributed by atoms with E-state index >= 15 is 0 Å². The van der Waals surface area contributed by atoms with Crippen LogP contribution in [0.3, 0.4) is 0 Å². The molecule has 1 N–H and O–H groups in total. The van der Waals surface area contributed by atoms with Crippen molar-refractivity contribution in [3.63, 3.8) is 0 Å². The van der Waals surface area contributed by atoms with Gasteiger partial charge in [0.1, 0.15) is 5.82 Å². The Morgan fingerprint density at radius 3 is 2.33 bits per heavy atom. The normalized spacial score (nSPS) is 11.5. The van der Waals surface area contributed by atoms with Crippen molar-refractivity contribution in [2.75, 3.05) is 5.32 Å². The highest BCUT2D eigenvalue weighted by Gasteiger charge is 2.34. The van der Waals surface area contributed by atoms with Gasteiger partial charge in [0.25, 0.3) is 0 Å². The summed E-state index contributed by atoms with van der Waals surface area (Å²) >= 11 is 11.6. The molecule has 0 radical (unpaired) electrons. The monoisotopic (exact) mass is 337 g/mol. The van der Waals surface area contributed by atoms with Crippen molar-refractivity contribution >= 4 is 28.9 Å². The van der Waals surface area contributed by atoms with Gasteiger partial charge in [-0.25, -0.2) is 4.39 Å². The van der Waals surface area contributed by atoms with Crippen molar-refractivity contribution < 1.29 is 17.6 Å². The zero-order chi connectivity index (χ0) is 15.6. The number of para-hydroxylation sites is 1. The maximum Gasteiger partial charge on any atom is 0.418 e. The van der Waals surface area contributed by atoms with E-state index in [2.05, 4.69) is 5.32 Å². The Morgan fingerprint density at radius 2 is 1.71 bits per heavy atom. The van der Waals surface area contributed by atoms with Crippen molar-refractivity contribution in [3.8, 4) is 0 Å². The predicted molar refractivity (Wildman–Crippen MR) is 75.2 cm³/mol. The first-order valence-electron chi connectivity index (χ1n) is 5.82. The number of anilines is 1. The molecule has 112 valence electrons. The minimum atomic E-state index is -4.53. The van der Waals surface area contributed by atoms with Crippen molar-refractivity contribution in [3.05, 3.63) is 63.4 Å². The topological polar surface area (TPSA) is 12.0 Å². The van der Waals surface area contributed by atoms with Crippen molar-refractivity contribution in [2.24, 2.45) is 0 Å². The van der Waals surface area contributed by atoms with Gasteiger partial charge < -0.3 is 5.32 Å². The molecule has 21 heavy (non-hydrogen) atoms. The number of nitrogens with one attached hydrogen (secondary N) is 1. The molecule has 0 aromatic heterocycles. The molecule has 0 aliphatic rings. The van der Waals surface area contributed by atoms with Crippen LogP contribution in [-0.4, -0.2) is 0 Å². The average molecular weight is 338 g/mol. The van der Waals surface area contributed by atoms with E-state index in [1.165, 1.54) is 24.3 Å². The van der Waals surface area contributed by atoms with Gasteiger partial charge in [-0.3, -0.25) is 0 Å². The Labute approximate surface area is 128 Å². The molecule has 0 aliphatic carbocycles. The van der Waals surface area contributed by atoms with Gasteiger partial charge in [-0.2, -0.15) is 13.2 Å². The highest BCUT2D eigenvalue weighted by Crippen LogP contribution is 2.38. The molecule has 0 heterocycles. The number of rotatable bonds is 3. The van der Waals surface area contributed by atoms with Gasteiger partial charge in [0.2, 0.25) is 0 Å². The summed E-state index contributed by atoms with van der Waals surface area (Å²) in [6.45, 7) is -0.00801. The van der Waals surface area contributed by atoms with E-state index in [-0.39, 0.29) is 22.3 Å². The highest BCUT2D eigenvalue weighted by atomic mass is 35.5. The molecule has 7 heteroatoms. The fraction of sp³-hybridized carbons (Fsp3) is 0.143. The second-order valence-corrected chi connectivity index (χ2v) is 5.06. The summed E-state index contributed by atoms with van der Waals surface area (Å²) in [6, 6.07) is 7.18. The largest absolute Gasteiger partial charge is 0.418 e. The molecule has 0 unspecified atom stereocenters. The van der Waals surface area contributed by atoms with Crippen LogP contribution in [-0.2, 0) is 12.7 Å². The first-order chi connectivity index (χ1) is 9.79. The van der Waals surface area contributed by atoms with Crippen LogP contribution in [0.5, 0.6) is 0 Å². The molecular formula is C14H9Cl2F4N. The molecule has 0 saturated heterocycles. The van der Waals surface area contributed by atoms with Crippen molar-refractivity contribution in [1.29, 1.82) is 0 Å². The summed E-state index contributed by atoms with van der Waals surface area (Å²) in [7, 11) is 0. The summed E-state index contributed by atoms with van der Waals surface area (Å²) < 4.78 is 51.7. The number of hydrogen-bond donors (Lipinski definition) is 1. The molecular weight excluding hydrogens is 329 g/mol. The molecule has 2 aromatic rings. The fourth-order valence-electron chi connectivity index (χ4n) is 1.79. The average Bonchev–Trinajstić information content (AvgIpc) is 2.37. The predicted octanol–water partition coefficient (Wildman–Crippen LogP) is 5.76. The highest BCUT2D eigenvalue weighted by molar-refractivity contribution is 6.33. The van der Waals surface area contributed by atoms with Crippen molar-refractivity contribution in [1.82, 2.24) is 0 Å². The van der Waals surface area contributed by atoms with Gasteiger partial charge in [0.15, 0.2) is 0 Å². The third-order valence-electron chi connectivity index (χ3n) is 2.79. The Kier molecular flexibility index (Phi) is 4.64. The number of hydrogen-bond acceptors (Lipinski definition) is 1. The minimum Gasteiger partial charge on any atom is -0.379 e. The summed E-state index contributed by atoms with van der Waals surface area (Å²) in [6.07, 6.45) is -4.53. The molecule has 0 saturated carbocycles. The van der Waals surface area contributed by atoms with E-state index in [1.807, 2.05) is 0 Å². The van der Waals surface area contributed by atoms with E-state index in [0.717, 1.165) is 12.1 Å². The zero-order valence-corrected chi connectivity index (χ0v) is 12.0. The fourth-order valence-corrected chi connectivity index (χ4v) is 2.26. The van der Waals surface area contributed by atoms with Crippen LogP contribution < -0.4 is 5.32 Å². The van der Waals surface area contributed by atoms with E-state index in [9.17, 15) is 17.6 Å². The zero-order valence-electron chi connectivity index (χ0n) is 10.4. The lowest BCUT2D eigenvalue weighted by atomic mass is 10.1. The van der Waals surface area contributed by atoms with Crippen LogP contribution in [0.4, 0.5) is 23.2 Å². The molecule has 0 fully saturated rings. The van der Waals surface area contributed by atoms with E-state index in [1.54, 1.807) is 0 Å². The van der Waals surface area contributed by atoms with E-state index in [4.69, 9.17) is 23.2 Å². The Morgan fingerprint density at radius 1 is 1.00 bits per heavy atom. The summed E-state index contributed by atoms with van der Waals surface area (Å²) in [5.41, 5.74) is -0.633. The van der Waals surface area contributed by atoms with Crippen LogP contribution in [0.25, 0.3) is 0 Å². The molecule has 0 amide bonds. The Hall–Kier alpha value is -1.46. The lowest BCUT2D eigenvalue weighted by Crippen LogP contribution is -2.11. The van der Waals surface area contributed by atoms with Gasteiger partial charge in [-0.05, 0) is 29.8 Å². The van der Waals surface area contributed by atoms with Gasteiger partial charge >= 0.3 is 6.18 Å². The van der Waals surface area contributed by atoms with Crippen LogP contribution in [0.2, 0.25) is 10.0 Å². The number of benzene rings is 2. The minimum absolute atomic E-state index is 0.00801. The molecule has 0 bridgehead atoms. The number of alkyl halides is 3. The quantitative estimate of drug-likeness (QED) is 0.701. The van der Waals surface area contributed by atoms with Crippen molar-refractivity contribution in [2.45, 2.75) is 12.7 Å². The lowest BCUT2D eigenvalue weighted by molar-refractivity contribution is -0.136. The second-order valence-electron chi connectivity index (χ2n) is 4.25. The van der Waals surface area contributed by atoms with Crippen LogP contribution in [0.15, 0.2) is 36.4 Å². The molecule has 1 nitrogen and oxygen atoms in total. The maximum atomic E-state index is 12.9. The molecule has 2 aromatic carbocycles. The summed E-state index contributed by atoms with van der Waals surface area (Å²) in [5.74, 6) is -0.516. The Bertz CT molecular complexity index is 656.